The van der Waals surface area contributed by atoms with Gasteiger partial charge in [0.05, 0.1) is 22.5 Å². The van der Waals surface area contributed by atoms with Crippen LogP contribution in [0.1, 0.15) is 0 Å². The van der Waals surface area contributed by atoms with Gasteiger partial charge in [0, 0.05) is 18.3 Å². The lowest BCUT2D eigenvalue weighted by atomic mass is 10.5. The van der Waals surface area contributed by atoms with Crippen LogP contribution in [0.15, 0.2) is 0 Å². The van der Waals surface area contributed by atoms with E-state index in [2.05, 4.69) is 0 Å². The van der Waals surface area contributed by atoms with Crippen molar-refractivity contribution in [2.45, 2.75) is 5.25 Å². The normalized spacial score (nSPS) is 14.9. The zero-order valence-electron chi connectivity index (χ0n) is 8.53. The molecule has 1 unspecified atom stereocenters. The van der Waals surface area contributed by atoms with Crippen molar-refractivity contribution < 1.29 is 16.8 Å². The number of sulfone groups is 2. The molecule has 5 nitrogen and oxygen atoms in total. The highest BCUT2D eigenvalue weighted by molar-refractivity contribution is 7.95. The van der Waals surface area contributed by atoms with Crippen molar-refractivity contribution >= 4 is 42.9 Å². The maximum atomic E-state index is 11.5. The van der Waals surface area contributed by atoms with Crippen molar-refractivity contribution in [3.63, 3.8) is 0 Å². The molecule has 0 aliphatic heterocycles. The van der Waals surface area contributed by atoms with Gasteiger partial charge in [-0.05, 0) is 0 Å². The molecule has 0 bridgehead atoms. The quantitative estimate of drug-likeness (QED) is 0.587. The Bertz CT molecular complexity index is 393. The average Bonchev–Trinajstić information content (AvgIpc) is 2.13. The molecule has 0 saturated heterocycles. The number of hydrogen-bond donors (Lipinski definition) is 0. The summed E-state index contributed by atoms with van der Waals surface area (Å²) in [5, 5.41) is -1.21. The van der Waals surface area contributed by atoms with Gasteiger partial charge >= 0.3 is 0 Å². The summed E-state index contributed by atoms with van der Waals surface area (Å²) < 4.78 is 45.9. The summed E-state index contributed by atoms with van der Waals surface area (Å²) in [6.07, 6.45) is 0. The van der Waals surface area contributed by atoms with E-state index in [1.54, 1.807) is 0 Å². The lowest BCUT2D eigenvalue weighted by molar-refractivity contribution is 0.574. The zero-order valence-corrected chi connectivity index (χ0v) is 11.7. The van der Waals surface area contributed by atoms with Gasteiger partial charge in [-0.25, -0.2) is 16.8 Å². The van der Waals surface area contributed by atoms with E-state index < -0.39 is 37.2 Å². The Kier molecular flexibility index (Phi) is 7.20. The predicted octanol–water partition coefficient (Wildman–Crippen LogP) is -0.0549. The Morgan fingerprint density at radius 3 is 1.88 bits per heavy atom. The largest absolute Gasteiger partial charge is 0.256 e. The number of hydrogen-bond acceptors (Lipinski definition) is 4. The Labute approximate surface area is 106 Å². The van der Waals surface area contributed by atoms with E-state index in [1.165, 1.54) is 0 Å². The van der Waals surface area contributed by atoms with Crippen LogP contribution >= 0.6 is 23.2 Å². The minimum absolute atomic E-state index is 0.0807. The summed E-state index contributed by atoms with van der Waals surface area (Å²) in [6.45, 7) is -0.485. The van der Waals surface area contributed by atoms with E-state index in [1.807, 2.05) is 0 Å². The van der Waals surface area contributed by atoms with Crippen LogP contribution in [-0.4, -0.2) is 57.6 Å². The van der Waals surface area contributed by atoms with Gasteiger partial charge in [-0.2, -0.15) is 0 Å². The van der Waals surface area contributed by atoms with Crippen molar-refractivity contribution in [1.82, 2.24) is 5.73 Å². The molecular formula is C7H14Cl2NO4S2. The molecule has 0 spiro atoms. The highest BCUT2D eigenvalue weighted by Gasteiger charge is 2.29. The number of rotatable bonds is 8. The van der Waals surface area contributed by atoms with Gasteiger partial charge in [0.2, 0.25) is 0 Å². The topological polar surface area (TPSA) is 92.1 Å². The third-order valence-electron chi connectivity index (χ3n) is 1.93. The first-order chi connectivity index (χ1) is 7.29. The second kappa shape index (κ2) is 7.00. The van der Waals surface area contributed by atoms with E-state index >= 15 is 0 Å². The maximum absolute atomic E-state index is 11.5. The van der Waals surface area contributed by atoms with Crippen molar-refractivity contribution in [2.75, 3.05) is 35.6 Å². The summed E-state index contributed by atoms with van der Waals surface area (Å²) >= 11 is 10.6. The molecule has 0 rings (SSSR count). The van der Waals surface area contributed by atoms with Crippen molar-refractivity contribution in [1.29, 1.82) is 0 Å². The van der Waals surface area contributed by atoms with Crippen LogP contribution in [-0.2, 0) is 19.7 Å². The van der Waals surface area contributed by atoms with Gasteiger partial charge in [-0.15, -0.1) is 23.2 Å². The molecule has 9 heteroatoms. The Morgan fingerprint density at radius 2 is 1.50 bits per heavy atom. The van der Waals surface area contributed by atoms with E-state index in [-0.39, 0.29) is 23.3 Å². The second-order valence-corrected chi connectivity index (χ2v) is 8.57. The first-order valence-corrected chi connectivity index (χ1v) is 9.08. The summed E-state index contributed by atoms with van der Waals surface area (Å²) in [5.41, 5.74) is 7.09. The molecule has 0 aliphatic rings. The van der Waals surface area contributed by atoms with Crippen molar-refractivity contribution in [2.24, 2.45) is 0 Å². The van der Waals surface area contributed by atoms with Gasteiger partial charge in [0.1, 0.15) is 0 Å². The molecule has 0 aromatic carbocycles. The highest BCUT2D eigenvalue weighted by Crippen LogP contribution is 2.07. The Hall–Kier alpha value is 0.440. The third kappa shape index (κ3) is 5.67. The SMILES string of the molecule is [NH]CC(CS(=O)(=O)CCCl)S(=O)(=O)CCCl. The molecule has 0 aromatic rings. The summed E-state index contributed by atoms with van der Waals surface area (Å²) in [6, 6.07) is 0. The van der Waals surface area contributed by atoms with Crippen molar-refractivity contribution in [3.8, 4) is 0 Å². The lowest BCUT2D eigenvalue weighted by Crippen LogP contribution is -2.36. The average molecular weight is 311 g/mol. The van der Waals surface area contributed by atoms with Crippen LogP contribution in [0.25, 0.3) is 0 Å². The van der Waals surface area contributed by atoms with Gasteiger partial charge in [0.15, 0.2) is 19.7 Å². The van der Waals surface area contributed by atoms with E-state index in [0.717, 1.165) is 0 Å². The lowest BCUT2D eigenvalue weighted by Gasteiger charge is -2.14. The highest BCUT2D eigenvalue weighted by atomic mass is 35.5. The summed E-state index contributed by atoms with van der Waals surface area (Å²) in [7, 11) is -7.13. The number of halogens is 2. The molecular weight excluding hydrogens is 297 g/mol. The molecule has 0 fully saturated rings. The summed E-state index contributed by atoms with van der Waals surface area (Å²) in [4.78, 5) is 0. The molecule has 0 heterocycles. The smallest absolute Gasteiger partial charge is 0.156 e. The van der Waals surface area contributed by atoms with Gasteiger partial charge < -0.3 is 0 Å². The van der Waals surface area contributed by atoms with Crippen LogP contribution in [0, 0.1) is 0 Å². The fourth-order valence-corrected chi connectivity index (χ4v) is 5.74. The minimum atomic E-state index is -3.62. The monoisotopic (exact) mass is 310 g/mol. The van der Waals surface area contributed by atoms with Gasteiger partial charge in [0.25, 0.3) is 0 Å². The van der Waals surface area contributed by atoms with Crippen LogP contribution < -0.4 is 5.73 Å². The first-order valence-electron chi connectivity index (χ1n) is 4.47. The fraction of sp³-hybridized carbons (Fsp3) is 1.00. The second-order valence-electron chi connectivity index (χ2n) is 3.19. The van der Waals surface area contributed by atoms with Crippen LogP contribution in [0.4, 0.5) is 0 Å². The van der Waals surface area contributed by atoms with Gasteiger partial charge in [-0.3, -0.25) is 5.73 Å². The standard InChI is InChI=1S/C7H14Cl2NO4S2/c8-1-3-15(11,12)6-7(5-10)16(13,14)4-2-9/h7,10H,1-6H2. The fourth-order valence-electron chi connectivity index (χ4n) is 1.05. The molecule has 97 valence electrons. The van der Waals surface area contributed by atoms with Gasteiger partial charge in [-0.1, -0.05) is 0 Å². The van der Waals surface area contributed by atoms with E-state index in [0.29, 0.717) is 0 Å². The van der Waals surface area contributed by atoms with E-state index in [4.69, 9.17) is 28.9 Å². The summed E-state index contributed by atoms with van der Waals surface area (Å²) in [5.74, 6) is -1.32. The van der Waals surface area contributed by atoms with Crippen LogP contribution in [0.5, 0.6) is 0 Å². The molecule has 16 heavy (non-hydrogen) atoms. The predicted molar refractivity (Wildman–Crippen MR) is 65.6 cm³/mol. The molecule has 1 N–H and O–H groups in total. The Morgan fingerprint density at radius 1 is 1.00 bits per heavy atom. The zero-order chi connectivity index (χ0) is 12.8. The molecule has 0 aromatic heterocycles. The van der Waals surface area contributed by atoms with Crippen molar-refractivity contribution in [3.05, 3.63) is 0 Å². The molecule has 0 saturated carbocycles. The first kappa shape index (κ1) is 16.4. The number of nitrogens with one attached hydrogen (secondary N) is 1. The number of alkyl halides is 2. The molecule has 0 amide bonds. The maximum Gasteiger partial charge on any atom is 0.156 e. The molecule has 1 atom stereocenters. The van der Waals surface area contributed by atoms with E-state index in [9.17, 15) is 16.8 Å². The minimum Gasteiger partial charge on any atom is -0.256 e. The molecule has 1 radical (unpaired) electrons. The van der Waals surface area contributed by atoms with Crippen LogP contribution in [0.3, 0.4) is 0 Å². The Balaban J connectivity index is 4.78. The third-order valence-corrected chi connectivity index (χ3v) is 6.82. The van der Waals surface area contributed by atoms with Crippen LogP contribution in [0.2, 0.25) is 0 Å². The molecule has 0 aliphatic carbocycles.